The molecule has 2 atom stereocenters. The van der Waals surface area contributed by atoms with Gasteiger partial charge in [-0.25, -0.2) is 0 Å². The van der Waals surface area contributed by atoms with Crippen LogP contribution in [0.4, 0.5) is 0 Å². The van der Waals surface area contributed by atoms with E-state index in [1.165, 1.54) is 11.3 Å². The Bertz CT molecular complexity index is 405. The molecule has 1 aliphatic carbocycles. The quantitative estimate of drug-likeness (QED) is 0.734. The maximum absolute atomic E-state index is 10.6. The summed E-state index contributed by atoms with van der Waals surface area (Å²) in [5.74, 6) is -0.408. The summed E-state index contributed by atoms with van der Waals surface area (Å²) >= 11 is 1.54. The van der Waals surface area contributed by atoms with Gasteiger partial charge in [0.05, 0.1) is 12.5 Å². The highest BCUT2D eigenvalue weighted by atomic mass is 32.1. The minimum absolute atomic E-state index is 0.103. The van der Waals surface area contributed by atoms with Crippen molar-refractivity contribution in [2.75, 3.05) is 6.54 Å². The first-order valence-electron chi connectivity index (χ1n) is 6.33. The number of aliphatic carboxylic acids is 1. The third-order valence-corrected chi connectivity index (χ3v) is 4.45. The van der Waals surface area contributed by atoms with Gasteiger partial charge < -0.3 is 15.5 Å². The van der Waals surface area contributed by atoms with Crippen LogP contribution in [0.5, 0.6) is 0 Å². The van der Waals surface area contributed by atoms with Crippen LogP contribution in [0.15, 0.2) is 12.1 Å². The van der Waals surface area contributed by atoms with Crippen LogP contribution in [-0.4, -0.2) is 28.8 Å². The maximum Gasteiger partial charge on any atom is 0.308 e. The number of carboxylic acids is 1. The molecule has 0 bridgehead atoms. The van der Waals surface area contributed by atoms with Crippen LogP contribution < -0.4 is 5.32 Å². The Morgan fingerprint density at radius 1 is 1.39 bits per heavy atom. The third-order valence-electron chi connectivity index (χ3n) is 3.37. The maximum atomic E-state index is 10.6. The van der Waals surface area contributed by atoms with E-state index in [1.54, 1.807) is 0 Å². The van der Waals surface area contributed by atoms with Crippen LogP contribution in [0.2, 0.25) is 0 Å². The fraction of sp³-hybridized carbons (Fsp3) is 0.615. The Morgan fingerprint density at radius 3 is 2.83 bits per heavy atom. The molecule has 18 heavy (non-hydrogen) atoms. The van der Waals surface area contributed by atoms with E-state index in [0.29, 0.717) is 5.92 Å². The van der Waals surface area contributed by atoms with Crippen LogP contribution in [-0.2, 0) is 17.8 Å². The standard InChI is InChI=1S/C13H19NO3S/c15-12-3-1-2-9(12)7-14-8-11-5-4-10(18-11)6-13(16)17/h4-5,9,12,14-15H,1-3,6-8H2,(H,16,17). The first-order chi connectivity index (χ1) is 8.65. The van der Waals surface area contributed by atoms with Crippen molar-refractivity contribution >= 4 is 17.3 Å². The lowest BCUT2D eigenvalue weighted by Gasteiger charge is -2.14. The monoisotopic (exact) mass is 269 g/mol. The Hall–Kier alpha value is -0.910. The number of carbonyl (C=O) groups is 1. The summed E-state index contributed by atoms with van der Waals surface area (Å²) in [5, 5.41) is 21.7. The molecule has 3 N–H and O–H groups in total. The molecular weight excluding hydrogens is 250 g/mol. The van der Waals surface area contributed by atoms with Gasteiger partial charge in [0.25, 0.3) is 0 Å². The zero-order chi connectivity index (χ0) is 13.0. The lowest BCUT2D eigenvalue weighted by atomic mass is 10.1. The summed E-state index contributed by atoms with van der Waals surface area (Å²) in [7, 11) is 0. The van der Waals surface area contributed by atoms with Crippen molar-refractivity contribution in [3.8, 4) is 0 Å². The highest BCUT2D eigenvalue weighted by Gasteiger charge is 2.24. The molecule has 0 aliphatic heterocycles. The van der Waals surface area contributed by atoms with Gasteiger partial charge >= 0.3 is 5.97 Å². The van der Waals surface area contributed by atoms with Crippen LogP contribution in [0.1, 0.15) is 29.0 Å². The summed E-state index contributed by atoms with van der Waals surface area (Å²) < 4.78 is 0. The van der Waals surface area contributed by atoms with Crippen LogP contribution in [0.3, 0.4) is 0 Å². The minimum atomic E-state index is -0.787. The Labute approximate surface area is 111 Å². The van der Waals surface area contributed by atoms with E-state index in [2.05, 4.69) is 5.32 Å². The molecule has 0 amide bonds. The topological polar surface area (TPSA) is 69.6 Å². The van der Waals surface area contributed by atoms with E-state index in [1.807, 2.05) is 12.1 Å². The number of hydrogen-bond donors (Lipinski definition) is 3. The second kappa shape index (κ2) is 6.31. The fourth-order valence-electron chi connectivity index (χ4n) is 2.40. The molecule has 1 aliphatic rings. The molecule has 0 saturated heterocycles. The smallest absolute Gasteiger partial charge is 0.308 e. The molecule has 4 nitrogen and oxygen atoms in total. The molecule has 2 unspecified atom stereocenters. The van der Waals surface area contributed by atoms with Crippen molar-refractivity contribution in [2.45, 2.75) is 38.3 Å². The second-order valence-corrected chi connectivity index (χ2v) is 6.08. The molecule has 2 rings (SSSR count). The molecular formula is C13H19NO3S. The van der Waals surface area contributed by atoms with Gasteiger partial charge in [0.1, 0.15) is 0 Å². The summed E-state index contributed by atoms with van der Waals surface area (Å²) in [6, 6.07) is 3.85. The van der Waals surface area contributed by atoms with Gasteiger partial charge in [-0.2, -0.15) is 0 Å². The molecule has 0 spiro atoms. The number of nitrogens with one attached hydrogen (secondary N) is 1. The Balaban J connectivity index is 1.73. The number of aliphatic hydroxyl groups excluding tert-OH is 1. The van der Waals surface area contributed by atoms with Crippen LogP contribution in [0.25, 0.3) is 0 Å². The molecule has 0 radical (unpaired) electrons. The van der Waals surface area contributed by atoms with E-state index in [0.717, 1.165) is 42.1 Å². The van der Waals surface area contributed by atoms with E-state index in [-0.39, 0.29) is 12.5 Å². The first-order valence-corrected chi connectivity index (χ1v) is 7.15. The average Bonchev–Trinajstić information content (AvgIpc) is 2.89. The van der Waals surface area contributed by atoms with Gasteiger partial charge in [0, 0.05) is 22.8 Å². The van der Waals surface area contributed by atoms with Gasteiger partial charge in [-0.3, -0.25) is 4.79 Å². The van der Waals surface area contributed by atoms with E-state index in [4.69, 9.17) is 5.11 Å². The molecule has 0 aromatic carbocycles. The van der Waals surface area contributed by atoms with E-state index < -0.39 is 5.97 Å². The van der Waals surface area contributed by atoms with Crippen molar-refractivity contribution in [1.82, 2.24) is 5.32 Å². The van der Waals surface area contributed by atoms with Gasteiger partial charge in [-0.1, -0.05) is 6.42 Å². The molecule has 1 fully saturated rings. The van der Waals surface area contributed by atoms with Gasteiger partial charge in [-0.15, -0.1) is 11.3 Å². The number of rotatable bonds is 6. The summed E-state index contributed by atoms with van der Waals surface area (Å²) in [4.78, 5) is 12.6. The predicted molar refractivity (Wildman–Crippen MR) is 70.7 cm³/mol. The van der Waals surface area contributed by atoms with Crippen molar-refractivity contribution in [3.63, 3.8) is 0 Å². The van der Waals surface area contributed by atoms with Crippen molar-refractivity contribution < 1.29 is 15.0 Å². The summed E-state index contributed by atoms with van der Waals surface area (Å²) in [6.07, 6.45) is 3.10. The zero-order valence-electron chi connectivity index (χ0n) is 10.3. The van der Waals surface area contributed by atoms with Crippen LogP contribution in [0, 0.1) is 5.92 Å². The largest absolute Gasteiger partial charge is 0.481 e. The Morgan fingerprint density at radius 2 is 2.17 bits per heavy atom. The molecule has 5 heteroatoms. The number of thiophene rings is 1. The van der Waals surface area contributed by atoms with E-state index >= 15 is 0 Å². The van der Waals surface area contributed by atoms with Crippen LogP contribution >= 0.6 is 11.3 Å². The number of carboxylic acid groups (broad SMARTS) is 1. The third kappa shape index (κ3) is 3.80. The molecule has 100 valence electrons. The normalized spacial score (nSPS) is 23.4. The minimum Gasteiger partial charge on any atom is -0.481 e. The first kappa shape index (κ1) is 13.5. The highest BCUT2D eigenvalue weighted by Crippen LogP contribution is 2.25. The predicted octanol–water partition coefficient (Wildman–Crippen LogP) is 1.63. The molecule has 1 aromatic heterocycles. The highest BCUT2D eigenvalue weighted by molar-refractivity contribution is 7.12. The lowest BCUT2D eigenvalue weighted by molar-refractivity contribution is -0.136. The second-order valence-electron chi connectivity index (χ2n) is 4.83. The van der Waals surface area contributed by atoms with Crippen molar-refractivity contribution in [3.05, 3.63) is 21.9 Å². The number of hydrogen-bond acceptors (Lipinski definition) is 4. The zero-order valence-corrected chi connectivity index (χ0v) is 11.1. The summed E-state index contributed by atoms with van der Waals surface area (Å²) in [5.41, 5.74) is 0. The number of aliphatic hydroxyl groups is 1. The van der Waals surface area contributed by atoms with Gasteiger partial charge in [0.2, 0.25) is 0 Å². The van der Waals surface area contributed by atoms with Gasteiger partial charge in [-0.05, 0) is 30.9 Å². The fourth-order valence-corrected chi connectivity index (χ4v) is 3.38. The molecule has 1 heterocycles. The van der Waals surface area contributed by atoms with Crippen molar-refractivity contribution in [2.24, 2.45) is 5.92 Å². The van der Waals surface area contributed by atoms with Gasteiger partial charge in [0.15, 0.2) is 0 Å². The lowest BCUT2D eigenvalue weighted by Crippen LogP contribution is -2.27. The Kier molecular flexibility index (Phi) is 4.74. The molecule has 1 saturated carbocycles. The summed E-state index contributed by atoms with van der Waals surface area (Å²) in [6.45, 7) is 1.60. The SMILES string of the molecule is O=C(O)Cc1ccc(CNCC2CCCC2O)s1. The van der Waals surface area contributed by atoms with E-state index in [9.17, 15) is 9.90 Å². The molecule has 1 aromatic rings. The average molecular weight is 269 g/mol. The van der Waals surface area contributed by atoms with Crippen molar-refractivity contribution in [1.29, 1.82) is 0 Å².